The fourth-order valence-electron chi connectivity index (χ4n) is 3.33. The van der Waals surface area contributed by atoms with Crippen LogP contribution in [0.2, 0.25) is 0 Å². The summed E-state index contributed by atoms with van der Waals surface area (Å²) in [5.41, 5.74) is 3.37. The molecule has 0 saturated carbocycles. The number of H-pyrrole nitrogens is 1. The topological polar surface area (TPSA) is 98.3 Å². The molecule has 3 aromatic rings. The quantitative estimate of drug-likeness (QED) is 0.647. The number of urea groups is 1. The van der Waals surface area contributed by atoms with Crippen LogP contribution in [-0.4, -0.2) is 33.8 Å². The van der Waals surface area contributed by atoms with Crippen LogP contribution >= 0.6 is 0 Å². The molecule has 0 fully saturated rings. The molecule has 4 rings (SSSR count). The van der Waals surface area contributed by atoms with Crippen LogP contribution in [0.25, 0.3) is 11.1 Å². The first kappa shape index (κ1) is 17.7. The molecular weight excluding hydrogens is 363 g/mol. The van der Waals surface area contributed by atoms with Crippen LogP contribution < -0.4 is 10.2 Å². The van der Waals surface area contributed by atoms with Crippen molar-refractivity contribution in [1.82, 2.24) is 15.5 Å². The Bertz CT molecular complexity index is 1050. The van der Waals surface area contributed by atoms with Crippen molar-refractivity contribution in [3.8, 4) is 11.1 Å². The Morgan fingerprint density at radius 2 is 2.14 bits per heavy atom. The number of halogens is 1. The Balaban J connectivity index is 1.50. The Kier molecular flexibility index (Phi) is 4.52. The van der Waals surface area contributed by atoms with Crippen LogP contribution in [0.5, 0.6) is 0 Å². The lowest BCUT2D eigenvalue weighted by Gasteiger charge is -2.19. The van der Waals surface area contributed by atoms with E-state index in [0.717, 1.165) is 5.56 Å². The largest absolute Gasteiger partial charge is 0.478 e. The number of carbonyl (C=O) groups excluding carboxylic acids is 1. The summed E-state index contributed by atoms with van der Waals surface area (Å²) >= 11 is 0. The van der Waals surface area contributed by atoms with Gasteiger partial charge in [-0.15, -0.1) is 0 Å². The van der Waals surface area contributed by atoms with Crippen LogP contribution in [-0.2, 0) is 13.0 Å². The summed E-state index contributed by atoms with van der Waals surface area (Å²) in [5.74, 6) is -1.44. The molecule has 0 unspecified atom stereocenters. The standard InChI is InChI=1S/C20H17FN4O3/c21-17-8-18-13(7-16(17)15-10-23-24-11-15)4-5-25(18)20(28)22-9-12-2-1-3-14(6-12)19(26)27/h1-3,6-8,10-11H,4-5,9H2,(H,22,28)(H,23,24)(H,26,27). The van der Waals surface area contributed by atoms with E-state index in [-0.39, 0.29) is 18.1 Å². The van der Waals surface area contributed by atoms with Crippen molar-refractivity contribution in [2.75, 3.05) is 11.4 Å². The van der Waals surface area contributed by atoms with Crippen LogP contribution in [0.15, 0.2) is 48.8 Å². The first-order valence-corrected chi connectivity index (χ1v) is 8.72. The molecule has 0 aliphatic carbocycles. The van der Waals surface area contributed by atoms with Crippen molar-refractivity contribution in [1.29, 1.82) is 0 Å². The fraction of sp³-hybridized carbons (Fsp3) is 0.150. The lowest BCUT2D eigenvalue weighted by molar-refractivity contribution is 0.0696. The lowest BCUT2D eigenvalue weighted by Crippen LogP contribution is -2.38. The summed E-state index contributed by atoms with van der Waals surface area (Å²) in [4.78, 5) is 25.1. The molecule has 0 saturated heterocycles. The number of carboxylic acid groups (broad SMARTS) is 1. The fourth-order valence-corrected chi connectivity index (χ4v) is 3.33. The molecule has 0 spiro atoms. The molecule has 28 heavy (non-hydrogen) atoms. The van der Waals surface area contributed by atoms with Gasteiger partial charge in [-0.1, -0.05) is 12.1 Å². The molecule has 1 aromatic heterocycles. The van der Waals surface area contributed by atoms with Gasteiger partial charge in [0.25, 0.3) is 0 Å². The van der Waals surface area contributed by atoms with Crippen molar-refractivity contribution in [2.24, 2.45) is 0 Å². The van der Waals surface area contributed by atoms with E-state index in [1.165, 1.54) is 23.1 Å². The van der Waals surface area contributed by atoms with E-state index in [1.807, 2.05) is 0 Å². The van der Waals surface area contributed by atoms with Gasteiger partial charge in [0.2, 0.25) is 0 Å². The van der Waals surface area contributed by atoms with E-state index < -0.39 is 11.8 Å². The van der Waals surface area contributed by atoms with E-state index in [9.17, 15) is 14.0 Å². The summed E-state index contributed by atoms with van der Waals surface area (Å²) in [6.45, 7) is 0.631. The number of aromatic amines is 1. The van der Waals surface area contributed by atoms with Gasteiger partial charge in [-0.05, 0) is 41.8 Å². The SMILES string of the molecule is O=C(O)c1cccc(CNC(=O)N2CCc3cc(-c4cn[nH]c4)c(F)cc32)c1. The number of nitrogens with zero attached hydrogens (tertiary/aromatic N) is 2. The smallest absolute Gasteiger partial charge is 0.335 e. The van der Waals surface area contributed by atoms with Crippen molar-refractivity contribution in [2.45, 2.75) is 13.0 Å². The normalized spacial score (nSPS) is 12.7. The van der Waals surface area contributed by atoms with E-state index in [2.05, 4.69) is 15.5 Å². The van der Waals surface area contributed by atoms with Crippen molar-refractivity contribution in [3.63, 3.8) is 0 Å². The van der Waals surface area contributed by atoms with Gasteiger partial charge < -0.3 is 10.4 Å². The highest BCUT2D eigenvalue weighted by molar-refractivity contribution is 5.95. The van der Waals surface area contributed by atoms with Gasteiger partial charge in [-0.3, -0.25) is 10.00 Å². The maximum Gasteiger partial charge on any atom is 0.335 e. The maximum atomic E-state index is 14.6. The second-order valence-electron chi connectivity index (χ2n) is 6.51. The summed E-state index contributed by atoms with van der Waals surface area (Å²) in [7, 11) is 0. The average Bonchev–Trinajstić information content (AvgIpc) is 3.35. The van der Waals surface area contributed by atoms with Crippen LogP contribution in [0.1, 0.15) is 21.5 Å². The first-order valence-electron chi connectivity index (χ1n) is 8.72. The van der Waals surface area contributed by atoms with Gasteiger partial charge in [0, 0.05) is 30.4 Å². The Hall–Kier alpha value is -3.68. The number of amides is 2. The number of nitrogens with one attached hydrogen (secondary N) is 2. The second-order valence-corrected chi connectivity index (χ2v) is 6.51. The highest BCUT2D eigenvalue weighted by Gasteiger charge is 2.26. The Morgan fingerprint density at radius 3 is 2.89 bits per heavy atom. The number of hydrogen-bond donors (Lipinski definition) is 3. The van der Waals surface area contributed by atoms with E-state index in [4.69, 9.17) is 5.11 Å². The highest BCUT2D eigenvalue weighted by Crippen LogP contribution is 2.34. The number of rotatable bonds is 4. The molecule has 0 atom stereocenters. The average molecular weight is 380 g/mol. The number of benzene rings is 2. The van der Waals surface area contributed by atoms with Crippen LogP contribution in [0.4, 0.5) is 14.9 Å². The van der Waals surface area contributed by atoms with Crippen LogP contribution in [0.3, 0.4) is 0 Å². The minimum absolute atomic E-state index is 0.159. The third-order valence-electron chi connectivity index (χ3n) is 4.74. The number of aromatic nitrogens is 2. The molecule has 0 radical (unpaired) electrons. The molecule has 2 aromatic carbocycles. The third-order valence-corrected chi connectivity index (χ3v) is 4.74. The van der Waals surface area contributed by atoms with Gasteiger partial charge in [0.1, 0.15) is 5.82 Å². The molecule has 142 valence electrons. The summed E-state index contributed by atoms with van der Waals surface area (Å²) in [6, 6.07) is 9.14. The zero-order valence-corrected chi connectivity index (χ0v) is 14.8. The molecular formula is C20H17FN4O3. The molecule has 7 nitrogen and oxygen atoms in total. The summed E-state index contributed by atoms with van der Waals surface area (Å²) in [5, 5.41) is 18.3. The van der Waals surface area contributed by atoms with E-state index in [0.29, 0.717) is 35.3 Å². The first-order chi connectivity index (χ1) is 13.5. The second kappa shape index (κ2) is 7.15. The molecule has 2 amide bonds. The number of fused-ring (bicyclic) bond motifs is 1. The molecule has 8 heteroatoms. The third kappa shape index (κ3) is 3.32. The van der Waals surface area contributed by atoms with E-state index >= 15 is 0 Å². The Morgan fingerprint density at radius 1 is 1.29 bits per heavy atom. The molecule has 1 aliphatic rings. The number of aromatic carboxylic acids is 1. The minimum Gasteiger partial charge on any atom is -0.478 e. The highest BCUT2D eigenvalue weighted by atomic mass is 19.1. The molecule has 1 aliphatic heterocycles. The maximum absolute atomic E-state index is 14.6. The van der Waals surface area contributed by atoms with Crippen molar-refractivity contribution < 1.29 is 19.1 Å². The van der Waals surface area contributed by atoms with Crippen molar-refractivity contribution in [3.05, 3.63) is 71.3 Å². The summed E-state index contributed by atoms with van der Waals surface area (Å²) in [6.07, 6.45) is 3.80. The van der Waals surface area contributed by atoms with Gasteiger partial charge in [-0.2, -0.15) is 5.10 Å². The van der Waals surface area contributed by atoms with Crippen molar-refractivity contribution >= 4 is 17.7 Å². The number of anilines is 1. The number of carbonyl (C=O) groups is 2. The zero-order chi connectivity index (χ0) is 19.7. The van der Waals surface area contributed by atoms with Gasteiger partial charge in [0.05, 0.1) is 17.4 Å². The minimum atomic E-state index is -1.02. The Labute approximate surface area is 159 Å². The zero-order valence-electron chi connectivity index (χ0n) is 14.8. The lowest BCUT2D eigenvalue weighted by atomic mass is 10.0. The predicted molar refractivity (Wildman–Crippen MR) is 101 cm³/mol. The van der Waals surface area contributed by atoms with Gasteiger partial charge >= 0.3 is 12.0 Å². The predicted octanol–water partition coefficient (Wildman–Crippen LogP) is 3.19. The molecule has 0 bridgehead atoms. The van der Waals surface area contributed by atoms with Gasteiger partial charge in [-0.25, -0.2) is 14.0 Å². The van der Waals surface area contributed by atoms with E-state index in [1.54, 1.807) is 30.6 Å². The number of hydrogen-bond acceptors (Lipinski definition) is 3. The van der Waals surface area contributed by atoms with Gasteiger partial charge in [0.15, 0.2) is 0 Å². The monoisotopic (exact) mass is 380 g/mol. The number of carboxylic acids is 1. The van der Waals surface area contributed by atoms with Crippen LogP contribution in [0, 0.1) is 5.82 Å². The summed E-state index contributed by atoms with van der Waals surface area (Å²) < 4.78 is 14.6. The molecule has 3 N–H and O–H groups in total. The molecule has 2 heterocycles.